The van der Waals surface area contributed by atoms with E-state index in [2.05, 4.69) is 0 Å². The van der Waals surface area contributed by atoms with E-state index < -0.39 is 64.4 Å². The number of ether oxygens (including phenoxy) is 2. The number of halogens is 6. The fraction of sp³-hybridized carbons (Fsp3) is 0.0714. The molecule has 0 aliphatic carbocycles. The summed E-state index contributed by atoms with van der Waals surface area (Å²) < 4.78 is 96.1. The Labute approximate surface area is 231 Å². The molecule has 3 aromatic carbocycles. The molecule has 0 saturated heterocycles. The van der Waals surface area contributed by atoms with Crippen LogP contribution in [0.3, 0.4) is 0 Å². The van der Waals surface area contributed by atoms with Gasteiger partial charge in [-0.25, -0.2) is 9.80 Å². The van der Waals surface area contributed by atoms with Gasteiger partial charge < -0.3 is 9.47 Å². The fourth-order valence-electron chi connectivity index (χ4n) is 4.16. The number of anilines is 2. The molecule has 0 N–H and O–H groups in total. The molecule has 0 radical (unpaired) electrons. The number of hydrogen-bond acceptors (Lipinski definition) is 6. The molecule has 214 valence electrons. The first-order chi connectivity index (χ1) is 19.8. The summed E-state index contributed by atoms with van der Waals surface area (Å²) in [6.45, 7) is 0. The molecule has 0 saturated carbocycles. The highest BCUT2D eigenvalue weighted by molar-refractivity contribution is 6.29. The monoisotopic (exact) mass is 588 g/mol. The summed E-state index contributed by atoms with van der Waals surface area (Å²) in [7, 11) is 0. The average molecular weight is 588 g/mol. The van der Waals surface area contributed by atoms with Crippen molar-refractivity contribution in [3.8, 4) is 23.0 Å². The van der Waals surface area contributed by atoms with Crippen molar-refractivity contribution in [1.82, 2.24) is 0 Å². The van der Waals surface area contributed by atoms with Gasteiger partial charge in [-0.2, -0.15) is 26.3 Å². The van der Waals surface area contributed by atoms with Crippen LogP contribution in [-0.2, 0) is 31.5 Å². The summed E-state index contributed by atoms with van der Waals surface area (Å²) in [5.74, 6) is -6.98. The molecular weight excluding hydrogens is 574 g/mol. The highest BCUT2D eigenvalue weighted by atomic mass is 19.4. The lowest BCUT2D eigenvalue weighted by atomic mass is 10.1. The zero-order valence-corrected chi connectivity index (χ0v) is 20.7. The molecule has 42 heavy (non-hydrogen) atoms. The molecule has 2 heterocycles. The fourth-order valence-corrected chi connectivity index (χ4v) is 4.16. The van der Waals surface area contributed by atoms with Gasteiger partial charge in [0.05, 0.1) is 11.4 Å². The van der Waals surface area contributed by atoms with Gasteiger partial charge in [0, 0.05) is 24.3 Å². The van der Waals surface area contributed by atoms with Crippen LogP contribution in [0.25, 0.3) is 0 Å². The molecule has 3 aromatic rings. The largest absolute Gasteiger partial charge is 0.455 e. The summed E-state index contributed by atoms with van der Waals surface area (Å²) in [4.78, 5) is 49.8. The smallest absolute Gasteiger partial charge is 0.420 e. The van der Waals surface area contributed by atoms with Crippen LogP contribution in [0.5, 0.6) is 23.0 Å². The van der Waals surface area contributed by atoms with E-state index in [4.69, 9.17) is 9.47 Å². The van der Waals surface area contributed by atoms with Crippen LogP contribution < -0.4 is 19.3 Å². The van der Waals surface area contributed by atoms with Crippen molar-refractivity contribution in [2.45, 2.75) is 12.4 Å². The topological polar surface area (TPSA) is 93.2 Å². The molecule has 4 amide bonds. The van der Waals surface area contributed by atoms with Gasteiger partial charge in [0.1, 0.15) is 16.9 Å². The van der Waals surface area contributed by atoms with Gasteiger partial charge in [0.15, 0.2) is 17.2 Å². The Morgan fingerprint density at radius 2 is 0.881 bits per heavy atom. The van der Waals surface area contributed by atoms with Crippen molar-refractivity contribution >= 4 is 35.0 Å². The summed E-state index contributed by atoms with van der Waals surface area (Å²) in [5, 5.41) is 0. The van der Waals surface area contributed by atoms with Crippen LogP contribution in [0.2, 0.25) is 0 Å². The van der Waals surface area contributed by atoms with Gasteiger partial charge >= 0.3 is 12.4 Å². The molecule has 8 nitrogen and oxygen atoms in total. The molecule has 0 fully saturated rings. The Morgan fingerprint density at radius 3 is 1.26 bits per heavy atom. The quantitative estimate of drug-likeness (QED) is 0.253. The van der Waals surface area contributed by atoms with E-state index in [0.717, 1.165) is 42.5 Å². The van der Waals surface area contributed by atoms with E-state index in [-0.39, 0.29) is 29.3 Å². The number of imide groups is 2. The van der Waals surface area contributed by atoms with E-state index >= 15 is 0 Å². The average Bonchev–Trinajstić information content (AvgIpc) is 3.43. The normalized spacial score (nSPS) is 15.3. The zero-order chi connectivity index (χ0) is 30.4. The van der Waals surface area contributed by atoms with Crippen LogP contribution in [0, 0.1) is 0 Å². The maximum absolute atomic E-state index is 14.3. The number of carbonyl (C=O) groups excluding carboxylic acids is 4. The Balaban J connectivity index is 1.63. The highest BCUT2D eigenvalue weighted by Gasteiger charge is 2.44. The Kier molecular flexibility index (Phi) is 6.84. The lowest BCUT2D eigenvalue weighted by Crippen LogP contribution is -2.30. The maximum Gasteiger partial charge on any atom is 0.420 e. The number of hydrogen-bond donors (Lipinski definition) is 0. The van der Waals surface area contributed by atoms with Gasteiger partial charge in [-0.05, 0) is 36.4 Å². The first-order valence-corrected chi connectivity index (χ1v) is 11.7. The Morgan fingerprint density at radius 1 is 0.524 bits per heavy atom. The van der Waals surface area contributed by atoms with E-state index in [1.807, 2.05) is 0 Å². The lowest BCUT2D eigenvalue weighted by Gasteiger charge is -2.23. The van der Waals surface area contributed by atoms with E-state index in [1.165, 1.54) is 30.3 Å². The van der Waals surface area contributed by atoms with Crippen molar-refractivity contribution in [2.75, 3.05) is 9.80 Å². The molecule has 0 aromatic heterocycles. The van der Waals surface area contributed by atoms with Crippen molar-refractivity contribution in [2.24, 2.45) is 0 Å². The third kappa shape index (κ3) is 5.21. The van der Waals surface area contributed by atoms with Gasteiger partial charge in [0.2, 0.25) is 0 Å². The molecule has 0 spiro atoms. The van der Waals surface area contributed by atoms with Gasteiger partial charge in [0.25, 0.3) is 23.6 Å². The van der Waals surface area contributed by atoms with Crippen LogP contribution in [-0.4, -0.2) is 23.6 Å². The van der Waals surface area contributed by atoms with Crippen molar-refractivity contribution < 1.29 is 55.0 Å². The Hall–Kier alpha value is -5.40. The molecule has 2 aliphatic rings. The third-order valence-corrected chi connectivity index (χ3v) is 5.94. The minimum atomic E-state index is -5.42. The van der Waals surface area contributed by atoms with Crippen molar-refractivity contribution in [3.63, 3.8) is 0 Å². The number of amides is 4. The van der Waals surface area contributed by atoms with Crippen LogP contribution >= 0.6 is 0 Å². The van der Waals surface area contributed by atoms with Crippen LogP contribution in [0.4, 0.5) is 37.7 Å². The van der Waals surface area contributed by atoms with Crippen LogP contribution in [0.15, 0.2) is 85.0 Å². The van der Waals surface area contributed by atoms with Gasteiger partial charge in [-0.15, -0.1) is 0 Å². The van der Waals surface area contributed by atoms with Crippen molar-refractivity contribution in [3.05, 3.63) is 96.1 Å². The minimum absolute atomic E-state index is 0.220. The first kappa shape index (κ1) is 28.1. The molecule has 5 rings (SSSR count). The molecular formula is C28H14F6N2O6. The minimum Gasteiger partial charge on any atom is -0.455 e. The third-order valence-electron chi connectivity index (χ3n) is 5.94. The number of carbonyl (C=O) groups is 4. The standard InChI is InChI=1S/C28H14F6N2O6/c29-27(30,31)16-13-15(41-20-7-3-1-5-18(20)35-22(37)9-10-23(35)38)14-17(28(32,33)34)26(16)42-21-8-4-2-6-19(21)36-24(39)11-12-25(36)40/h1-14H. The van der Waals surface area contributed by atoms with Gasteiger partial charge in [-0.3, -0.25) is 19.2 Å². The number of rotatable bonds is 6. The molecule has 0 bridgehead atoms. The summed E-state index contributed by atoms with van der Waals surface area (Å²) >= 11 is 0. The van der Waals surface area contributed by atoms with E-state index in [9.17, 15) is 45.5 Å². The summed E-state index contributed by atoms with van der Waals surface area (Å²) in [5.41, 5.74) is -4.40. The Bertz CT molecular complexity index is 1640. The first-order valence-electron chi connectivity index (χ1n) is 11.7. The SMILES string of the molecule is O=C1C=CC(=O)N1c1ccccc1Oc1cc(C(F)(F)F)c(Oc2ccccc2N2C(=O)C=CC2=O)c(C(F)(F)F)c1. The highest BCUT2D eigenvalue weighted by Crippen LogP contribution is 2.50. The number of para-hydroxylation sites is 4. The lowest BCUT2D eigenvalue weighted by molar-refractivity contribution is -0.145. The molecule has 2 aliphatic heterocycles. The van der Waals surface area contributed by atoms with Gasteiger partial charge in [-0.1, -0.05) is 24.3 Å². The van der Waals surface area contributed by atoms with E-state index in [0.29, 0.717) is 9.80 Å². The van der Waals surface area contributed by atoms with Crippen LogP contribution in [0.1, 0.15) is 11.1 Å². The predicted octanol–water partition coefficient (Wildman–Crippen LogP) is 6.17. The summed E-state index contributed by atoms with van der Waals surface area (Å²) in [6, 6.07) is 10.2. The maximum atomic E-state index is 14.3. The van der Waals surface area contributed by atoms with E-state index in [1.54, 1.807) is 0 Å². The molecule has 0 unspecified atom stereocenters. The second-order valence-electron chi connectivity index (χ2n) is 8.67. The van der Waals surface area contributed by atoms with Crippen molar-refractivity contribution in [1.29, 1.82) is 0 Å². The zero-order valence-electron chi connectivity index (χ0n) is 20.7. The number of benzene rings is 3. The molecule has 0 atom stereocenters. The molecule has 14 heteroatoms. The second-order valence-corrected chi connectivity index (χ2v) is 8.67. The predicted molar refractivity (Wildman–Crippen MR) is 133 cm³/mol. The summed E-state index contributed by atoms with van der Waals surface area (Å²) in [6.07, 6.45) is -7.21. The number of nitrogens with zero attached hydrogens (tertiary/aromatic N) is 2. The number of alkyl halides is 6. The second kappa shape index (κ2) is 10.2.